The molecule has 1 aromatic heterocycles. The minimum absolute atomic E-state index is 0.0925. The number of nitrogens with one attached hydrogen (secondary N) is 1. The van der Waals surface area contributed by atoms with Crippen molar-refractivity contribution in [2.75, 3.05) is 5.32 Å². The van der Waals surface area contributed by atoms with E-state index in [1.54, 1.807) is 18.2 Å². The lowest BCUT2D eigenvalue weighted by Crippen LogP contribution is -2.18. The number of nitrogens with two attached hydrogens (primary N) is 1. The Hall–Kier alpha value is -3.04. The Morgan fingerprint density at radius 1 is 1.30 bits per heavy atom. The summed E-state index contributed by atoms with van der Waals surface area (Å²) in [5.41, 5.74) is 6.35. The van der Waals surface area contributed by atoms with Gasteiger partial charge in [0.2, 0.25) is 16.9 Å². The van der Waals surface area contributed by atoms with Gasteiger partial charge in [-0.05, 0) is 54.7 Å². The summed E-state index contributed by atoms with van der Waals surface area (Å²) in [6.45, 7) is -0.218. The maximum absolute atomic E-state index is 13.0. The van der Waals surface area contributed by atoms with E-state index in [0.717, 1.165) is 0 Å². The molecule has 10 heteroatoms. The second kappa shape index (κ2) is 7.68. The number of halogens is 2. The lowest BCUT2D eigenvalue weighted by molar-refractivity contribution is -0.116. The van der Waals surface area contributed by atoms with Gasteiger partial charge >= 0.3 is 0 Å². The molecule has 1 amide bonds. The van der Waals surface area contributed by atoms with Gasteiger partial charge in [-0.3, -0.25) is 4.79 Å². The molecule has 0 atom stereocenters. The van der Waals surface area contributed by atoms with Crippen LogP contribution in [0.3, 0.4) is 0 Å². The molecule has 138 valence electrons. The first-order valence-corrected chi connectivity index (χ1v) is 8.41. The zero-order valence-electron chi connectivity index (χ0n) is 13.7. The van der Waals surface area contributed by atoms with E-state index in [2.05, 4.69) is 27.8 Å². The fourth-order valence-electron chi connectivity index (χ4n) is 2.53. The van der Waals surface area contributed by atoms with Crippen molar-refractivity contribution >= 4 is 57.1 Å². The van der Waals surface area contributed by atoms with Crippen LogP contribution in [0.5, 0.6) is 5.88 Å². The molecule has 2 aromatic carbocycles. The zero-order valence-corrected chi connectivity index (χ0v) is 15.3. The molecule has 0 saturated heterocycles. The summed E-state index contributed by atoms with van der Waals surface area (Å²) in [4.78, 5) is 12.3. The molecule has 0 aliphatic carbocycles. The smallest absolute Gasteiger partial charge is 0.244 e. The number of thiocarbonyl (C=S) groups is 1. The molecule has 4 N–H and O–H groups in total. The second-order valence-electron chi connectivity index (χ2n) is 5.51. The topological polar surface area (TPSA) is 105 Å². The second-order valence-corrected chi connectivity index (χ2v) is 6.37. The third kappa shape index (κ3) is 4.21. The van der Waals surface area contributed by atoms with Gasteiger partial charge in [0, 0.05) is 16.1 Å². The number of aromatic hydroxyl groups is 1. The number of carbonyl (C=O) groups is 1. The Morgan fingerprint density at radius 3 is 2.67 bits per heavy atom. The third-order valence-electron chi connectivity index (χ3n) is 3.65. The molecule has 7 nitrogen and oxygen atoms in total. The molecule has 0 aliphatic heterocycles. The van der Waals surface area contributed by atoms with Gasteiger partial charge in [0.15, 0.2) is 5.69 Å². The summed E-state index contributed by atoms with van der Waals surface area (Å²) in [5, 5.41) is 21.3. The van der Waals surface area contributed by atoms with Gasteiger partial charge in [-0.1, -0.05) is 11.6 Å². The first kappa shape index (κ1) is 18.7. The van der Waals surface area contributed by atoms with Crippen LogP contribution in [0.15, 0.2) is 52.7 Å². The average molecular weight is 406 g/mol. The minimum Gasteiger partial charge on any atom is -0.493 e. The van der Waals surface area contributed by atoms with Gasteiger partial charge in [-0.15, -0.1) is 10.2 Å². The van der Waals surface area contributed by atoms with Gasteiger partial charge in [-0.2, -0.15) is 0 Å². The Balaban J connectivity index is 1.96. The van der Waals surface area contributed by atoms with Crippen molar-refractivity contribution in [3.05, 3.63) is 53.3 Å². The van der Waals surface area contributed by atoms with Crippen LogP contribution in [0.4, 0.5) is 15.8 Å². The van der Waals surface area contributed by atoms with E-state index in [-0.39, 0.29) is 23.2 Å². The van der Waals surface area contributed by atoms with Gasteiger partial charge in [-0.25, -0.2) is 4.39 Å². The van der Waals surface area contributed by atoms with Crippen molar-refractivity contribution in [2.24, 2.45) is 16.0 Å². The molecule has 27 heavy (non-hydrogen) atoms. The largest absolute Gasteiger partial charge is 0.493 e. The van der Waals surface area contributed by atoms with E-state index >= 15 is 0 Å². The van der Waals surface area contributed by atoms with Gasteiger partial charge in [0.25, 0.3) is 0 Å². The lowest BCUT2D eigenvalue weighted by atomic mass is 10.2. The number of anilines is 1. The molecule has 0 radical (unpaired) electrons. The minimum atomic E-state index is -0.429. The van der Waals surface area contributed by atoms with E-state index in [4.69, 9.17) is 17.3 Å². The Bertz CT molecular complexity index is 1070. The summed E-state index contributed by atoms with van der Waals surface area (Å²) in [5.74, 6) is -1.13. The predicted octanol–water partition coefficient (Wildman–Crippen LogP) is 4.11. The van der Waals surface area contributed by atoms with Crippen molar-refractivity contribution in [1.82, 2.24) is 4.57 Å². The number of carbonyl (C=O) groups excluding carboxylic acids is 1. The number of rotatable bonds is 4. The molecule has 1 heterocycles. The number of hydrogen-bond donors (Lipinski definition) is 3. The van der Waals surface area contributed by atoms with E-state index in [0.29, 0.717) is 21.6 Å². The summed E-state index contributed by atoms with van der Waals surface area (Å²) in [6, 6.07) is 10.2. The van der Waals surface area contributed by atoms with Crippen LogP contribution >= 0.6 is 23.8 Å². The number of fused-ring (bicyclic) bond motifs is 1. The predicted molar refractivity (Wildman–Crippen MR) is 105 cm³/mol. The number of aromatic nitrogens is 1. The van der Waals surface area contributed by atoms with Gasteiger partial charge < -0.3 is 20.7 Å². The first-order chi connectivity index (χ1) is 12.8. The van der Waals surface area contributed by atoms with Crippen molar-refractivity contribution in [2.45, 2.75) is 6.54 Å². The summed E-state index contributed by atoms with van der Waals surface area (Å²) >= 11 is 10.7. The SMILES string of the molecule is NC(=S)N=Nc1c(O)n(CC(=O)Nc2ccc(F)cc2)c2ccc(Cl)cc12. The van der Waals surface area contributed by atoms with Crippen molar-refractivity contribution < 1.29 is 14.3 Å². The molecule has 0 aliphatic rings. The molecule has 3 rings (SSSR count). The molecule has 0 bridgehead atoms. The van der Waals surface area contributed by atoms with Gasteiger partial charge in [0.1, 0.15) is 12.4 Å². The van der Waals surface area contributed by atoms with Crippen LogP contribution < -0.4 is 11.1 Å². The Labute approximate surface area is 163 Å². The van der Waals surface area contributed by atoms with Crippen LogP contribution in [-0.2, 0) is 11.3 Å². The molecular formula is C17H13ClFN5O2S. The molecule has 0 unspecified atom stereocenters. The number of azo groups is 1. The van der Waals surface area contributed by atoms with Crippen LogP contribution in [0.1, 0.15) is 0 Å². The quantitative estimate of drug-likeness (QED) is 0.448. The maximum atomic E-state index is 13.0. The number of hydrogen-bond acceptors (Lipinski definition) is 4. The van der Waals surface area contributed by atoms with Crippen molar-refractivity contribution in [3.8, 4) is 5.88 Å². The van der Waals surface area contributed by atoms with Crippen molar-refractivity contribution in [3.63, 3.8) is 0 Å². The zero-order chi connectivity index (χ0) is 19.6. The highest BCUT2D eigenvalue weighted by atomic mass is 35.5. The number of amides is 1. The molecule has 0 fully saturated rings. The number of nitrogens with zero attached hydrogens (tertiary/aromatic N) is 3. The maximum Gasteiger partial charge on any atom is 0.244 e. The fraction of sp³-hybridized carbons (Fsp3) is 0.0588. The fourth-order valence-corrected chi connectivity index (χ4v) is 2.74. The van der Waals surface area contributed by atoms with Crippen LogP contribution in [0.25, 0.3) is 10.9 Å². The highest BCUT2D eigenvalue weighted by Gasteiger charge is 2.19. The molecule has 0 spiro atoms. The van der Waals surface area contributed by atoms with Crippen LogP contribution in [0, 0.1) is 5.82 Å². The van der Waals surface area contributed by atoms with E-state index in [1.165, 1.54) is 28.8 Å². The average Bonchev–Trinajstić information content (AvgIpc) is 2.86. The normalized spacial score (nSPS) is 11.2. The van der Waals surface area contributed by atoms with Crippen LogP contribution in [-0.4, -0.2) is 20.7 Å². The molecule has 3 aromatic rings. The summed E-state index contributed by atoms with van der Waals surface area (Å²) < 4.78 is 14.3. The van der Waals surface area contributed by atoms with E-state index < -0.39 is 11.7 Å². The Morgan fingerprint density at radius 2 is 2.00 bits per heavy atom. The molecular weight excluding hydrogens is 393 g/mol. The van der Waals surface area contributed by atoms with E-state index in [9.17, 15) is 14.3 Å². The number of benzene rings is 2. The molecule has 0 saturated carbocycles. The first-order valence-electron chi connectivity index (χ1n) is 7.62. The van der Waals surface area contributed by atoms with Crippen molar-refractivity contribution in [1.29, 1.82) is 0 Å². The Kier molecular flexibility index (Phi) is 5.33. The lowest BCUT2D eigenvalue weighted by Gasteiger charge is -2.08. The van der Waals surface area contributed by atoms with E-state index in [1.807, 2.05) is 0 Å². The van der Waals surface area contributed by atoms with Crippen LogP contribution in [0.2, 0.25) is 5.02 Å². The summed E-state index contributed by atoms with van der Waals surface area (Å²) in [7, 11) is 0. The van der Waals surface area contributed by atoms with Gasteiger partial charge in [0.05, 0.1) is 5.52 Å². The monoisotopic (exact) mass is 405 g/mol. The highest BCUT2D eigenvalue weighted by Crippen LogP contribution is 2.40. The summed E-state index contributed by atoms with van der Waals surface area (Å²) in [6.07, 6.45) is 0. The third-order valence-corrected chi connectivity index (χ3v) is 3.97. The standard InChI is InChI=1S/C17H13ClFN5O2S/c18-9-1-6-13-12(7-9)15(22-23-17(20)27)16(26)24(13)8-14(25)21-11-4-2-10(19)3-5-11/h1-7,26H,8H2,(H2,20,27)(H,21,25). The highest BCUT2D eigenvalue weighted by molar-refractivity contribution is 7.80.